The lowest BCUT2D eigenvalue weighted by Crippen LogP contribution is -2.22. The number of ether oxygens (including phenoxy) is 1. The lowest BCUT2D eigenvalue weighted by molar-refractivity contribution is 0.0950. The number of benzene rings is 2. The van der Waals surface area contributed by atoms with E-state index in [0.717, 1.165) is 11.3 Å². The van der Waals surface area contributed by atoms with Gasteiger partial charge in [-0.1, -0.05) is 24.3 Å². The highest BCUT2D eigenvalue weighted by atomic mass is 16.5. The summed E-state index contributed by atoms with van der Waals surface area (Å²) in [7, 11) is 0. The molecule has 0 fully saturated rings. The maximum Gasteiger partial charge on any atom is 0.251 e. The molecule has 1 amide bonds. The molecule has 0 atom stereocenters. The first kappa shape index (κ1) is 14.8. The summed E-state index contributed by atoms with van der Waals surface area (Å²) in [6, 6.07) is 20.3. The highest BCUT2D eigenvalue weighted by molar-refractivity contribution is 5.94. The zero-order valence-corrected chi connectivity index (χ0v) is 12.5. The van der Waals surface area contributed by atoms with Gasteiger partial charge in [-0.05, 0) is 48.0 Å². The highest BCUT2D eigenvalue weighted by Gasteiger charge is 2.07. The van der Waals surface area contributed by atoms with Crippen LogP contribution in [0.2, 0.25) is 0 Å². The van der Waals surface area contributed by atoms with Gasteiger partial charge in [0.25, 0.3) is 5.91 Å². The minimum atomic E-state index is -0.139. The number of amides is 1. The molecule has 0 aliphatic heterocycles. The van der Waals surface area contributed by atoms with Crippen LogP contribution >= 0.6 is 0 Å². The van der Waals surface area contributed by atoms with Crippen LogP contribution in [0.4, 0.5) is 0 Å². The average molecular weight is 304 g/mol. The Kier molecular flexibility index (Phi) is 4.64. The molecule has 0 spiro atoms. The summed E-state index contributed by atoms with van der Waals surface area (Å²) in [4.78, 5) is 16.2. The van der Waals surface area contributed by atoms with E-state index in [4.69, 9.17) is 4.74 Å². The van der Waals surface area contributed by atoms with E-state index in [2.05, 4.69) is 10.3 Å². The molecule has 0 aliphatic carbocycles. The van der Waals surface area contributed by atoms with Gasteiger partial charge in [0.05, 0.1) is 0 Å². The molecule has 1 heterocycles. The third-order valence-corrected chi connectivity index (χ3v) is 3.28. The molecule has 114 valence electrons. The van der Waals surface area contributed by atoms with E-state index in [1.807, 2.05) is 48.5 Å². The van der Waals surface area contributed by atoms with Crippen molar-refractivity contribution in [3.8, 4) is 11.5 Å². The van der Waals surface area contributed by atoms with Crippen molar-refractivity contribution in [3.05, 3.63) is 90.3 Å². The van der Waals surface area contributed by atoms with Gasteiger partial charge < -0.3 is 10.1 Å². The summed E-state index contributed by atoms with van der Waals surface area (Å²) in [5.41, 5.74) is 1.57. The lowest BCUT2D eigenvalue weighted by atomic mass is 10.2. The van der Waals surface area contributed by atoms with Gasteiger partial charge in [0.2, 0.25) is 0 Å². The van der Waals surface area contributed by atoms with Crippen molar-refractivity contribution in [2.75, 3.05) is 0 Å². The first-order valence-electron chi connectivity index (χ1n) is 7.31. The Morgan fingerprint density at radius 1 is 0.913 bits per heavy atom. The minimum absolute atomic E-state index is 0.139. The molecule has 4 heteroatoms. The Hall–Kier alpha value is -3.14. The van der Waals surface area contributed by atoms with Gasteiger partial charge in [0, 0.05) is 24.5 Å². The van der Waals surface area contributed by atoms with Crippen LogP contribution < -0.4 is 10.1 Å². The fraction of sp³-hybridized carbons (Fsp3) is 0.0526. The van der Waals surface area contributed by atoms with Crippen LogP contribution in [-0.2, 0) is 6.54 Å². The van der Waals surface area contributed by atoms with Crippen LogP contribution in [0.15, 0.2) is 79.1 Å². The molecule has 0 saturated carbocycles. The second-order valence-electron chi connectivity index (χ2n) is 4.98. The van der Waals surface area contributed by atoms with E-state index in [0.29, 0.717) is 17.9 Å². The summed E-state index contributed by atoms with van der Waals surface area (Å²) < 4.78 is 5.74. The molecule has 2 aromatic carbocycles. The van der Waals surface area contributed by atoms with E-state index in [-0.39, 0.29) is 5.91 Å². The fourth-order valence-electron chi connectivity index (χ4n) is 2.11. The molecular weight excluding hydrogens is 288 g/mol. The Morgan fingerprint density at radius 2 is 1.65 bits per heavy atom. The number of pyridine rings is 1. The van der Waals surface area contributed by atoms with Crippen LogP contribution in [0, 0.1) is 0 Å². The predicted molar refractivity (Wildman–Crippen MR) is 88.4 cm³/mol. The number of para-hydroxylation sites is 1. The molecule has 0 bridgehead atoms. The molecule has 3 rings (SSSR count). The molecule has 4 nitrogen and oxygen atoms in total. The Balaban J connectivity index is 1.65. The summed E-state index contributed by atoms with van der Waals surface area (Å²) in [5.74, 6) is 1.23. The van der Waals surface area contributed by atoms with Crippen molar-refractivity contribution in [2.24, 2.45) is 0 Å². The number of aromatic nitrogens is 1. The van der Waals surface area contributed by atoms with Crippen LogP contribution in [-0.4, -0.2) is 10.9 Å². The fourth-order valence-corrected chi connectivity index (χ4v) is 2.11. The van der Waals surface area contributed by atoms with Crippen molar-refractivity contribution >= 4 is 5.91 Å². The Morgan fingerprint density at radius 3 is 2.43 bits per heavy atom. The van der Waals surface area contributed by atoms with Crippen molar-refractivity contribution in [1.29, 1.82) is 0 Å². The zero-order chi connectivity index (χ0) is 15.9. The third-order valence-electron chi connectivity index (χ3n) is 3.28. The highest BCUT2D eigenvalue weighted by Crippen LogP contribution is 2.21. The summed E-state index contributed by atoms with van der Waals surface area (Å²) in [6.45, 7) is 0.463. The molecule has 23 heavy (non-hydrogen) atoms. The second kappa shape index (κ2) is 7.22. The van der Waals surface area contributed by atoms with E-state index >= 15 is 0 Å². The van der Waals surface area contributed by atoms with E-state index in [1.165, 1.54) is 0 Å². The van der Waals surface area contributed by atoms with Crippen LogP contribution in [0.1, 0.15) is 15.9 Å². The lowest BCUT2D eigenvalue weighted by Gasteiger charge is -2.08. The SMILES string of the molecule is O=C(NCc1ccncc1)c1cccc(Oc2ccccc2)c1. The summed E-state index contributed by atoms with van der Waals surface area (Å²) in [5, 5.41) is 2.88. The number of hydrogen-bond acceptors (Lipinski definition) is 3. The molecule has 1 N–H and O–H groups in total. The average Bonchev–Trinajstić information content (AvgIpc) is 2.62. The third kappa shape index (κ3) is 4.17. The maximum absolute atomic E-state index is 12.2. The monoisotopic (exact) mass is 304 g/mol. The van der Waals surface area contributed by atoms with E-state index in [9.17, 15) is 4.79 Å². The van der Waals surface area contributed by atoms with Gasteiger partial charge in [-0.2, -0.15) is 0 Å². The summed E-state index contributed by atoms with van der Waals surface area (Å²) in [6.07, 6.45) is 3.41. The quantitative estimate of drug-likeness (QED) is 0.780. The molecule has 3 aromatic rings. The van der Waals surface area contributed by atoms with Crippen LogP contribution in [0.5, 0.6) is 11.5 Å². The van der Waals surface area contributed by atoms with Gasteiger partial charge in [0.1, 0.15) is 11.5 Å². The van der Waals surface area contributed by atoms with Crippen molar-refractivity contribution < 1.29 is 9.53 Å². The Bertz CT molecular complexity index is 774. The van der Waals surface area contributed by atoms with Crippen molar-refractivity contribution in [2.45, 2.75) is 6.54 Å². The van der Waals surface area contributed by atoms with E-state index in [1.54, 1.807) is 30.6 Å². The molecule has 0 saturated heterocycles. The standard InChI is InChI=1S/C19H16N2O2/c22-19(21-14-15-9-11-20-12-10-15)16-5-4-8-18(13-16)23-17-6-2-1-3-7-17/h1-13H,14H2,(H,21,22). The number of nitrogens with one attached hydrogen (secondary N) is 1. The van der Waals surface area contributed by atoms with Gasteiger partial charge >= 0.3 is 0 Å². The molecule has 0 radical (unpaired) electrons. The molecular formula is C19H16N2O2. The van der Waals surface area contributed by atoms with Gasteiger partial charge in [-0.15, -0.1) is 0 Å². The molecule has 0 aliphatic rings. The van der Waals surface area contributed by atoms with Crippen LogP contribution in [0.25, 0.3) is 0 Å². The van der Waals surface area contributed by atoms with Gasteiger partial charge in [0.15, 0.2) is 0 Å². The number of rotatable bonds is 5. The first-order valence-corrected chi connectivity index (χ1v) is 7.31. The minimum Gasteiger partial charge on any atom is -0.457 e. The molecule has 1 aromatic heterocycles. The summed E-state index contributed by atoms with van der Waals surface area (Å²) >= 11 is 0. The van der Waals surface area contributed by atoms with Crippen molar-refractivity contribution in [3.63, 3.8) is 0 Å². The number of nitrogens with zero attached hydrogens (tertiary/aromatic N) is 1. The second-order valence-corrected chi connectivity index (χ2v) is 4.98. The molecule has 0 unspecified atom stereocenters. The number of carbonyl (C=O) groups is 1. The number of hydrogen-bond donors (Lipinski definition) is 1. The zero-order valence-electron chi connectivity index (χ0n) is 12.5. The van der Waals surface area contributed by atoms with E-state index < -0.39 is 0 Å². The van der Waals surface area contributed by atoms with Crippen LogP contribution in [0.3, 0.4) is 0 Å². The first-order chi connectivity index (χ1) is 11.3. The normalized spacial score (nSPS) is 10.1. The largest absolute Gasteiger partial charge is 0.457 e. The Labute approximate surface area is 134 Å². The van der Waals surface area contributed by atoms with Gasteiger partial charge in [-0.3, -0.25) is 9.78 Å². The van der Waals surface area contributed by atoms with Crippen molar-refractivity contribution in [1.82, 2.24) is 10.3 Å². The predicted octanol–water partition coefficient (Wildman–Crippen LogP) is 3.80. The van der Waals surface area contributed by atoms with Gasteiger partial charge in [-0.25, -0.2) is 0 Å². The topological polar surface area (TPSA) is 51.2 Å². The maximum atomic E-state index is 12.2. The smallest absolute Gasteiger partial charge is 0.251 e. The number of carbonyl (C=O) groups excluding carboxylic acids is 1.